The predicted molar refractivity (Wildman–Crippen MR) is 83.6 cm³/mol. The van der Waals surface area contributed by atoms with Crippen molar-refractivity contribution in [1.82, 2.24) is 4.72 Å². The summed E-state index contributed by atoms with van der Waals surface area (Å²) in [6.07, 6.45) is 0.761. The molecule has 0 aliphatic heterocycles. The van der Waals surface area contributed by atoms with Crippen LogP contribution in [0.15, 0.2) is 17.0 Å². The Kier molecular flexibility index (Phi) is 4.08. The van der Waals surface area contributed by atoms with Gasteiger partial charge in [0.1, 0.15) is 0 Å². The molecule has 0 radical (unpaired) electrons. The second kappa shape index (κ2) is 5.26. The highest BCUT2D eigenvalue weighted by molar-refractivity contribution is 7.89. The van der Waals surface area contributed by atoms with Crippen molar-refractivity contribution in [3.05, 3.63) is 23.3 Å². The van der Waals surface area contributed by atoms with Crippen molar-refractivity contribution in [2.75, 3.05) is 12.8 Å². The van der Waals surface area contributed by atoms with E-state index in [0.717, 1.165) is 5.56 Å². The van der Waals surface area contributed by atoms with Crippen LogP contribution in [0.4, 0.5) is 5.69 Å². The van der Waals surface area contributed by atoms with E-state index in [2.05, 4.69) is 4.72 Å². The topological polar surface area (TPSA) is 81.4 Å². The van der Waals surface area contributed by atoms with Gasteiger partial charge < -0.3 is 10.5 Å². The molecule has 0 aromatic heterocycles. The van der Waals surface area contributed by atoms with Crippen LogP contribution in [0.2, 0.25) is 0 Å². The molecule has 0 saturated heterocycles. The molecule has 1 aromatic rings. The second-order valence-corrected chi connectivity index (χ2v) is 8.11. The van der Waals surface area contributed by atoms with Crippen molar-refractivity contribution in [3.8, 4) is 0 Å². The third-order valence-corrected chi connectivity index (χ3v) is 6.19. The Morgan fingerprint density at radius 1 is 1.33 bits per heavy atom. The highest BCUT2D eigenvalue weighted by atomic mass is 32.2. The van der Waals surface area contributed by atoms with Crippen molar-refractivity contribution in [3.63, 3.8) is 0 Å². The van der Waals surface area contributed by atoms with Gasteiger partial charge in [-0.2, -0.15) is 0 Å². The van der Waals surface area contributed by atoms with Crippen molar-refractivity contribution in [1.29, 1.82) is 0 Å². The van der Waals surface area contributed by atoms with Gasteiger partial charge in [-0.15, -0.1) is 0 Å². The van der Waals surface area contributed by atoms with Crippen LogP contribution >= 0.6 is 0 Å². The Hall–Kier alpha value is -1.11. The molecule has 1 fully saturated rings. The molecule has 1 saturated carbocycles. The Morgan fingerprint density at radius 3 is 2.48 bits per heavy atom. The predicted octanol–water partition coefficient (Wildman–Crippen LogP) is 1.98. The zero-order chi connectivity index (χ0) is 16.0. The molecule has 21 heavy (non-hydrogen) atoms. The number of hydrogen-bond donors (Lipinski definition) is 2. The van der Waals surface area contributed by atoms with E-state index in [1.54, 1.807) is 26.2 Å². The third-order valence-electron chi connectivity index (χ3n) is 4.59. The molecule has 0 bridgehead atoms. The first kappa shape index (κ1) is 16.3. The SMILES string of the molecule is COC1CC(NS(=O)(=O)c2cc(C)cc(N)c2C)C1(C)C. The number of nitrogen functional groups attached to an aromatic ring is 1. The van der Waals surface area contributed by atoms with E-state index >= 15 is 0 Å². The number of ether oxygens (including phenoxy) is 1. The van der Waals surface area contributed by atoms with Crippen LogP contribution in [-0.4, -0.2) is 27.7 Å². The minimum atomic E-state index is -3.58. The smallest absolute Gasteiger partial charge is 0.241 e. The summed E-state index contributed by atoms with van der Waals surface area (Å²) in [4.78, 5) is 0.261. The van der Waals surface area contributed by atoms with E-state index in [0.29, 0.717) is 17.7 Å². The van der Waals surface area contributed by atoms with Crippen molar-refractivity contribution in [2.24, 2.45) is 5.41 Å². The zero-order valence-corrected chi connectivity index (χ0v) is 14.0. The van der Waals surface area contributed by atoms with Crippen LogP contribution in [0, 0.1) is 19.3 Å². The molecule has 2 atom stereocenters. The van der Waals surface area contributed by atoms with Gasteiger partial charge in [0.15, 0.2) is 0 Å². The van der Waals surface area contributed by atoms with E-state index < -0.39 is 10.0 Å². The summed E-state index contributed by atoms with van der Waals surface area (Å²) in [6.45, 7) is 7.58. The first-order chi connectivity index (χ1) is 9.59. The Labute approximate surface area is 126 Å². The fraction of sp³-hybridized carbons (Fsp3) is 0.600. The van der Waals surface area contributed by atoms with Crippen molar-refractivity contribution >= 4 is 15.7 Å². The van der Waals surface area contributed by atoms with Crippen molar-refractivity contribution < 1.29 is 13.2 Å². The van der Waals surface area contributed by atoms with Crippen LogP contribution in [-0.2, 0) is 14.8 Å². The van der Waals surface area contributed by atoms with Gasteiger partial charge in [-0.05, 0) is 43.5 Å². The highest BCUT2D eigenvalue weighted by Gasteiger charge is 2.50. The maximum atomic E-state index is 12.6. The van der Waals surface area contributed by atoms with Crippen LogP contribution in [0.25, 0.3) is 0 Å². The Morgan fingerprint density at radius 2 is 1.95 bits per heavy atom. The summed E-state index contributed by atoms with van der Waals surface area (Å²) in [7, 11) is -1.93. The third kappa shape index (κ3) is 2.80. The lowest BCUT2D eigenvalue weighted by Gasteiger charge is -2.51. The maximum Gasteiger partial charge on any atom is 0.241 e. The maximum absolute atomic E-state index is 12.6. The number of methoxy groups -OCH3 is 1. The van der Waals surface area contributed by atoms with Crippen molar-refractivity contribution in [2.45, 2.75) is 51.2 Å². The minimum absolute atomic E-state index is 0.0777. The lowest BCUT2D eigenvalue weighted by Crippen LogP contribution is -2.61. The number of hydrogen-bond acceptors (Lipinski definition) is 4. The summed E-state index contributed by atoms with van der Waals surface area (Å²) in [5.74, 6) is 0. The average molecular weight is 312 g/mol. The van der Waals surface area contributed by atoms with Crippen LogP contribution < -0.4 is 10.5 Å². The van der Waals surface area contributed by atoms with Gasteiger partial charge in [0, 0.05) is 24.3 Å². The van der Waals surface area contributed by atoms with Crippen LogP contribution in [0.5, 0.6) is 0 Å². The van der Waals surface area contributed by atoms with Gasteiger partial charge in [0.2, 0.25) is 10.0 Å². The highest BCUT2D eigenvalue weighted by Crippen LogP contribution is 2.43. The molecule has 0 spiro atoms. The molecule has 1 aliphatic carbocycles. The molecule has 3 N–H and O–H groups in total. The molecule has 0 amide bonds. The number of aryl methyl sites for hydroxylation is 1. The van der Waals surface area contributed by atoms with Gasteiger partial charge in [0.05, 0.1) is 11.0 Å². The largest absolute Gasteiger partial charge is 0.398 e. The minimum Gasteiger partial charge on any atom is -0.398 e. The number of benzene rings is 1. The summed E-state index contributed by atoms with van der Waals surface area (Å²) < 4.78 is 33.4. The molecular formula is C15H24N2O3S. The molecule has 0 heterocycles. The number of anilines is 1. The molecule has 2 rings (SSSR count). The fourth-order valence-electron chi connectivity index (χ4n) is 2.87. The van der Waals surface area contributed by atoms with Gasteiger partial charge in [-0.3, -0.25) is 0 Å². The summed E-state index contributed by atoms with van der Waals surface area (Å²) in [5, 5.41) is 0. The van der Waals surface area contributed by atoms with Gasteiger partial charge in [0.25, 0.3) is 0 Å². The lowest BCUT2D eigenvalue weighted by molar-refractivity contribution is -0.0908. The molecule has 5 nitrogen and oxygen atoms in total. The van der Waals surface area contributed by atoms with E-state index in [1.807, 2.05) is 20.8 Å². The van der Waals surface area contributed by atoms with Gasteiger partial charge >= 0.3 is 0 Å². The van der Waals surface area contributed by atoms with Gasteiger partial charge in [-0.25, -0.2) is 13.1 Å². The molecule has 6 heteroatoms. The Balaban J connectivity index is 2.29. The Bertz CT molecular complexity index is 653. The van der Waals surface area contributed by atoms with E-state index in [4.69, 9.17) is 10.5 Å². The summed E-state index contributed by atoms with van der Waals surface area (Å²) >= 11 is 0. The lowest BCUT2D eigenvalue weighted by atomic mass is 9.65. The average Bonchev–Trinajstić information content (AvgIpc) is 2.38. The summed E-state index contributed by atoms with van der Waals surface area (Å²) in [6, 6.07) is 3.31. The first-order valence-corrected chi connectivity index (χ1v) is 8.49. The number of rotatable bonds is 4. The summed E-state index contributed by atoms with van der Waals surface area (Å²) in [5.41, 5.74) is 7.59. The second-order valence-electron chi connectivity index (χ2n) is 6.43. The van der Waals surface area contributed by atoms with E-state index in [9.17, 15) is 8.42 Å². The molecule has 2 unspecified atom stereocenters. The monoisotopic (exact) mass is 312 g/mol. The number of nitrogens with one attached hydrogen (secondary N) is 1. The zero-order valence-electron chi connectivity index (χ0n) is 13.2. The van der Waals surface area contributed by atoms with E-state index in [1.165, 1.54) is 0 Å². The number of nitrogens with two attached hydrogens (primary N) is 1. The molecular weight excluding hydrogens is 288 g/mol. The standard InChI is InChI=1S/C15H24N2O3S/c1-9-6-11(16)10(2)12(7-9)21(18,19)17-13-8-14(20-5)15(13,3)4/h6-7,13-14,17H,8,16H2,1-5H3. The molecule has 118 valence electrons. The van der Waals surface area contributed by atoms with E-state index in [-0.39, 0.29) is 22.5 Å². The quantitative estimate of drug-likeness (QED) is 0.833. The fourth-order valence-corrected chi connectivity index (χ4v) is 4.63. The van der Waals surface area contributed by atoms with Gasteiger partial charge in [-0.1, -0.05) is 13.8 Å². The van der Waals surface area contributed by atoms with Crippen LogP contribution in [0.1, 0.15) is 31.4 Å². The number of sulfonamides is 1. The first-order valence-electron chi connectivity index (χ1n) is 7.01. The molecule has 1 aliphatic rings. The molecule has 1 aromatic carbocycles. The van der Waals surface area contributed by atoms with Crippen LogP contribution in [0.3, 0.4) is 0 Å². The normalized spacial score (nSPS) is 24.6.